The summed E-state index contributed by atoms with van der Waals surface area (Å²) in [5.74, 6) is 1.27. The third kappa shape index (κ3) is 4.86. The van der Waals surface area contributed by atoms with Crippen LogP contribution in [0.1, 0.15) is 25.3 Å². The van der Waals surface area contributed by atoms with Crippen molar-refractivity contribution in [3.8, 4) is 11.5 Å². The number of oxazole rings is 1. The van der Waals surface area contributed by atoms with Gasteiger partial charge in [-0.1, -0.05) is 31.5 Å². The Kier molecular flexibility index (Phi) is 6.11. The molecule has 4 aromatic rings. The van der Waals surface area contributed by atoms with Crippen LogP contribution in [0.5, 0.6) is 0 Å². The average Bonchev–Trinajstić information content (AvgIpc) is 3.17. The van der Waals surface area contributed by atoms with Crippen LogP contribution >= 0.6 is 23.4 Å². The van der Waals surface area contributed by atoms with E-state index in [2.05, 4.69) is 36.3 Å². The maximum atomic E-state index is 12.2. The number of fused-ring (bicyclic) bond motifs is 1. The second-order valence-electron chi connectivity index (χ2n) is 7.27. The number of hydrogen-bond acceptors (Lipinski definition) is 4. The summed E-state index contributed by atoms with van der Waals surface area (Å²) in [6.45, 7) is 4.31. The summed E-state index contributed by atoms with van der Waals surface area (Å²) in [4.78, 5) is 17.8. The molecule has 1 heterocycles. The van der Waals surface area contributed by atoms with Crippen LogP contribution in [0, 0.1) is 0 Å². The number of rotatable bonds is 6. The molecule has 4 rings (SSSR count). The van der Waals surface area contributed by atoms with Gasteiger partial charge >= 0.3 is 0 Å². The Morgan fingerprint density at radius 3 is 2.50 bits per heavy atom. The molecule has 0 radical (unpaired) electrons. The number of carbonyl (C=O) groups is 1. The summed E-state index contributed by atoms with van der Waals surface area (Å²) in [5, 5.41) is 3.60. The number of hydrogen-bond donors (Lipinski definition) is 1. The zero-order valence-corrected chi connectivity index (χ0v) is 18.3. The van der Waals surface area contributed by atoms with Gasteiger partial charge in [0.25, 0.3) is 0 Å². The van der Waals surface area contributed by atoms with Crippen LogP contribution in [0.4, 0.5) is 5.69 Å². The van der Waals surface area contributed by atoms with Gasteiger partial charge < -0.3 is 9.73 Å². The van der Waals surface area contributed by atoms with E-state index in [-0.39, 0.29) is 5.91 Å². The number of anilines is 1. The molecule has 30 heavy (non-hydrogen) atoms. The second kappa shape index (κ2) is 8.94. The van der Waals surface area contributed by atoms with Gasteiger partial charge in [-0.25, -0.2) is 4.98 Å². The molecule has 4 nitrogen and oxygen atoms in total. The zero-order chi connectivity index (χ0) is 21.1. The smallest absolute Gasteiger partial charge is 0.234 e. The summed E-state index contributed by atoms with van der Waals surface area (Å²) >= 11 is 7.35. The topological polar surface area (TPSA) is 55.1 Å². The number of aromatic nitrogens is 1. The van der Waals surface area contributed by atoms with Crippen molar-refractivity contribution in [2.45, 2.75) is 24.7 Å². The van der Waals surface area contributed by atoms with Crippen LogP contribution in [0.25, 0.3) is 22.6 Å². The summed E-state index contributed by atoms with van der Waals surface area (Å²) in [6, 6.07) is 21.1. The van der Waals surface area contributed by atoms with Crippen molar-refractivity contribution < 1.29 is 9.21 Å². The van der Waals surface area contributed by atoms with Crippen molar-refractivity contribution in [3.05, 3.63) is 77.3 Å². The molecule has 0 saturated carbocycles. The van der Waals surface area contributed by atoms with Gasteiger partial charge in [0.2, 0.25) is 11.8 Å². The van der Waals surface area contributed by atoms with Crippen molar-refractivity contribution in [1.82, 2.24) is 4.98 Å². The fourth-order valence-corrected chi connectivity index (χ4v) is 3.82. The largest absolute Gasteiger partial charge is 0.436 e. The molecule has 0 unspecified atom stereocenters. The van der Waals surface area contributed by atoms with Gasteiger partial charge in [-0.2, -0.15) is 0 Å². The van der Waals surface area contributed by atoms with Crippen LogP contribution < -0.4 is 5.32 Å². The number of nitrogens with one attached hydrogen (secondary N) is 1. The van der Waals surface area contributed by atoms with Gasteiger partial charge in [0, 0.05) is 21.2 Å². The zero-order valence-electron chi connectivity index (χ0n) is 16.7. The van der Waals surface area contributed by atoms with Crippen LogP contribution in [0.3, 0.4) is 0 Å². The first-order chi connectivity index (χ1) is 14.5. The first-order valence-corrected chi connectivity index (χ1v) is 11.0. The molecule has 0 atom stereocenters. The fourth-order valence-electron chi connectivity index (χ4n) is 3.00. The summed E-state index contributed by atoms with van der Waals surface area (Å²) in [7, 11) is 0. The minimum Gasteiger partial charge on any atom is -0.436 e. The van der Waals surface area contributed by atoms with Crippen LogP contribution in [0.15, 0.2) is 76.0 Å². The van der Waals surface area contributed by atoms with Crippen LogP contribution in [-0.2, 0) is 4.79 Å². The SMILES string of the molecule is CC(C)c1ccc2oc(-c3ccc(NC(=O)CSc4ccc(Cl)cc4)cc3)nc2c1. The molecule has 0 fully saturated rings. The summed E-state index contributed by atoms with van der Waals surface area (Å²) < 4.78 is 5.89. The molecule has 1 N–H and O–H groups in total. The number of amides is 1. The highest BCUT2D eigenvalue weighted by Crippen LogP contribution is 2.28. The van der Waals surface area contributed by atoms with Crippen molar-refractivity contribution in [1.29, 1.82) is 0 Å². The van der Waals surface area contributed by atoms with Gasteiger partial charge in [0.05, 0.1) is 5.75 Å². The number of benzene rings is 3. The Morgan fingerprint density at radius 2 is 1.80 bits per heavy atom. The first kappa shape index (κ1) is 20.5. The molecule has 3 aromatic carbocycles. The van der Waals surface area contributed by atoms with E-state index in [1.807, 2.05) is 54.6 Å². The quantitative estimate of drug-likeness (QED) is 0.330. The van der Waals surface area contributed by atoms with Crippen molar-refractivity contribution >= 4 is 46.1 Å². The standard InChI is InChI=1S/C24H21ClN2O2S/c1-15(2)17-5-12-22-21(13-17)27-24(29-22)16-3-8-19(9-4-16)26-23(28)14-30-20-10-6-18(25)7-11-20/h3-13,15H,14H2,1-2H3,(H,26,28). The van der Waals surface area contributed by atoms with Crippen molar-refractivity contribution in [2.75, 3.05) is 11.1 Å². The van der Waals surface area contributed by atoms with E-state index in [0.717, 1.165) is 27.2 Å². The number of carbonyl (C=O) groups excluding carboxylic acids is 1. The van der Waals surface area contributed by atoms with E-state index in [9.17, 15) is 4.79 Å². The molecule has 152 valence electrons. The molecular formula is C24H21ClN2O2S. The highest BCUT2D eigenvalue weighted by atomic mass is 35.5. The maximum Gasteiger partial charge on any atom is 0.234 e. The predicted octanol–water partition coefficient (Wildman–Crippen LogP) is 7.00. The molecule has 0 aliphatic heterocycles. The third-order valence-corrected chi connectivity index (χ3v) is 5.94. The molecule has 1 amide bonds. The average molecular weight is 437 g/mol. The lowest BCUT2D eigenvalue weighted by molar-refractivity contribution is -0.113. The number of nitrogens with zero attached hydrogens (tertiary/aromatic N) is 1. The number of thioether (sulfide) groups is 1. The highest BCUT2D eigenvalue weighted by Gasteiger charge is 2.11. The normalized spacial score (nSPS) is 11.2. The predicted molar refractivity (Wildman–Crippen MR) is 124 cm³/mol. The number of halogens is 1. The molecule has 0 spiro atoms. The van der Waals surface area contributed by atoms with Crippen LogP contribution in [-0.4, -0.2) is 16.6 Å². The Morgan fingerprint density at radius 1 is 1.07 bits per heavy atom. The Balaban J connectivity index is 1.40. The summed E-state index contributed by atoms with van der Waals surface area (Å²) in [6.07, 6.45) is 0. The molecule has 1 aromatic heterocycles. The van der Waals surface area contributed by atoms with Gasteiger partial charge in [0.1, 0.15) is 5.52 Å². The molecule has 0 saturated heterocycles. The highest BCUT2D eigenvalue weighted by molar-refractivity contribution is 8.00. The minimum atomic E-state index is -0.0641. The second-order valence-corrected chi connectivity index (χ2v) is 8.75. The van der Waals surface area contributed by atoms with E-state index in [1.165, 1.54) is 17.3 Å². The molecule has 0 bridgehead atoms. The lowest BCUT2D eigenvalue weighted by Crippen LogP contribution is -2.13. The molecule has 0 aliphatic carbocycles. The Bertz CT molecular complexity index is 1170. The van der Waals surface area contributed by atoms with E-state index in [1.54, 1.807) is 0 Å². The Labute approximate surface area is 184 Å². The van der Waals surface area contributed by atoms with Gasteiger partial charge in [-0.3, -0.25) is 4.79 Å². The lowest BCUT2D eigenvalue weighted by Gasteiger charge is -2.06. The van der Waals surface area contributed by atoms with Crippen LogP contribution in [0.2, 0.25) is 5.02 Å². The molecule has 6 heteroatoms. The van der Waals surface area contributed by atoms with E-state index in [0.29, 0.717) is 22.6 Å². The lowest BCUT2D eigenvalue weighted by atomic mass is 10.0. The van der Waals surface area contributed by atoms with Gasteiger partial charge in [-0.15, -0.1) is 11.8 Å². The fraction of sp³-hybridized carbons (Fsp3) is 0.167. The third-order valence-electron chi connectivity index (χ3n) is 4.68. The maximum absolute atomic E-state index is 12.2. The molecule has 0 aliphatic rings. The van der Waals surface area contributed by atoms with Crippen molar-refractivity contribution in [3.63, 3.8) is 0 Å². The Hall–Kier alpha value is -2.76. The van der Waals surface area contributed by atoms with E-state index in [4.69, 9.17) is 16.0 Å². The monoisotopic (exact) mass is 436 g/mol. The van der Waals surface area contributed by atoms with E-state index < -0.39 is 0 Å². The minimum absolute atomic E-state index is 0.0641. The first-order valence-electron chi connectivity index (χ1n) is 9.67. The summed E-state index contributed by atoms with van der Waals surface area (Å²) in [5.41, 5.74) is 4.46. The van der Waals surface area contributed by atoms with E-state index >= 15 is 0 Å². The van der Waals surface area contributed by atoms with Gasteiger partial charge in [-0.05, 0) is 72.1 Å². The van der Waals surface area contributed by atoms with Gasteiger partial charge in [0.15, 0.2) is 5.58 Å². The van der Waals surface area contributed by atoms with Crippen molar-refractivity contribution in [2.24, 2.45) is 0 Å². The molecular weight excluding hydrogens is 416 g/mol.